The minimum absolute atomic E-state index is 0.408. The van der Waals surface area contributed by atoms with E-state index in [1.807, 2.05) is 65.0 Å². The van der Waals surface area contributed by atoms with Crippen molar-refractivity contribution in [3.63, 3.8) is 0 Å². The number of hydrogen-bond donors (Lipinski definition) is 1. The molecule has 286 valence electrons. The summed E-state index contributed by atoms with van der Waals surface area (Å²) in [5, 5.41) is 13.6. The fraction of sp³-hybridized carbons (Fsp3) is 0.192. The lowest BCUT2D eigenvalue weighted by Gasteiger charge is -2.19. The Kier molecular flexibility index (Phi) is 18.2. The number of aromatic nitrogens is 1. The van der Waals surface area contributed by atoms with E-state index in [4.69, 9.17) is 5.41 Å². The summed E-state index contributed by atoms with van der Waals surface area (Å²) in [6.45, 7) is 20.4. The number of thiophene rings is 1. The van der Waals surface area contributed by atoms with Crippen molar-refractivity contribution in [3.8, 4) is 29.7 Å². The highest BCUT2D eigenvalue weighted by Crippen LogP contribution is 2.47. The normalized spacial score (nSPS) is 13.2. The Hall–Kier alpha value is -6.02. The number of rotatable bonds is 10. The number of nitrogens with one attached hydrogen (secondary N) is 1. The number of terminal acetylenes is 1. The van der Waals surface area contributed by atoms with E-state index in [2.05, 4.69) is 165 Å². The van der Waals surface area contributed by atoms with Crippen molar-refractivity contribution in [2.24, 2.45) is 4.99 Å². The number of fused-ring (bicyclic) bond motifs is 3. The third kappa shape index (κ3) is 10.4. The van der Waals surface area contributed by atoms with Gasteiger partial charge in [0.1, 0.15) is 0 Å². The Labute approximate surface area is 340 Å². The summed E-state index contributed by atoms with van der Waals surface area (Å²) in [4.78, 5) is 4.52. The molecule has 0 amide bonds. The van der Waals surface area contributed by atoms with Gasteiger partial charge < -0.3 is 9.98 Å². The van der Waals surface area contributed by atoms with Crippen LogP contribution in [0.2, 0.25) is 0 Å². The molecule has 6 rings (SSSR count). The minimum atomic E-state index is 0.408. The largest absolute Gasteiger partial charge is 0.308 e. The average Bonchev–Trinajstić information content (AvgIpc) is 3.79. The zero-order valence-electron chi connectivity index (χ0n) is 34.4. The molecule has 56 heavy (non-hydrogen) atoms. The summed E-state index contributed by atoms with van der Waals surface area (Å²) < 4.78 is 3.68. The van der Waals surface area contributed by atoms with E-state index in [-0.39, 0.29) is 0 Å². The van der Waals surface area contributed by atoms with Crippen LogP contribution in [0.4, 0.5) is 0 Å². The molecule has 0 aliphatic heterocycles. The first-order valence-corrected chi connectivity index (χ1v) is 20.2. The third-order valence-electron chi connectivity index (χ3n) is 9.06. The molecule has 1 aliphatic rings. The van der Waals surface area contributed by atoms with Crippen molar-refractivity contribution in [1.82, 2.24) is 4.57 Å². The van der Waals surface area contributed by atoms with Gasteiger partial charge in [-0.25, -0.2) is 0 Å². The van der Waals surface area contributed by atoms with Crippen LogP contribution >= 0.6 is 11.3 Å². The van der Waals surface area contributed by atoms with Gasteiger partial charge in [0.15, 0.2) is 0 Å². The second-order valence-electron chi connectivity index (χ2n) is 12.6. The molecule has 1 N–H and O–H groups in total. The van der Waals surface area contributed by atoms with Gasteiger partial charge >= 0.3 is 0 Å². The quantitative estimate of drug-likeness (QED) is 0.0838. The summed E-state index contributed by atoms with van der Waals surface area (Å²) in [6.07, 6.45) is 32.8. The summed E-state index contributed by atoms with van der Waals surface area (Å²) in [5.41, 5.74) is 12.2. The lowest BCUT2D eigenvalue weighted by atomic mass is 9.95. The molecule has 0 spiro atoms. The van der Waals surface area contributed by atoms with Crippen molar-refractivity contribution in [1.29, 1.82) is 5.41 Å². The highest BCUT2D eigenvalue weighted by atomic mass is 32.1. The van der Waals surface area contributed by atoms with Crippen molar-refractivity contribution >= 4 is 56.0 Å². The smallest absolute Gasteiger partial charge is 0.0737 e. The van der Waals surface area contributed by atoms with E-state index in [0.717, 1.165) is 40.9 Å². The molecule has 1 aliphatic carbocycles. The third-order valence-corrected chi connectivity index (χ3v) is 10.0. The monoisotopic (exact) mass is 755 g/mol. The van der Waals surface area contributed by atoms with Gasteiger partial charge in [0.25, 0.3) is 0 Å². The van der Waals surface area contributed by atoms with Crippen LogP contribution in [0.5, 0.6) is 0 Å². The van der Waals surface area contributed by atoms with Crippen LogP contribution in [0, 0.1) is 18.3 Å². The van der Waals surface area contributed by atoms with Gasteiger partial charge in [-0.1, -0.05) is 142 Å². The molecule has 4 heteroatoms. The lowest BCUT2D eigenvalue weighted by Crippen LogP contribution is -2.05. The molecule has 0 radical (unpaired) electrons. The van der Waals surface area contributed by atoms with Crippen molar-refractivity contribution in [2.45, 2.75) is 68.2 Å². The lowest BCUT2D eigenvalue weighted by molar-refractivity contribution is 1.09. The summed E-state index contributed by atoms with van der Waals surface area (Å²) in [7, 11) is 0. The predicted octanol–water partition coefficient (Wildman–Crippen LogP) is 15.6. The second kappa shape index (κ2) is 23.0. The highest BCUT2D eigenvalue weighted by molar-refractivity contribution is 7.18. The molecule has 3 nitrogen and oxygen atoms in total. The number of nitrogens with zero attached hydrogens (tertiary/aromatic N) is 2. The van der Waals surface area contributed by atoms with Crippen LogP contribution in [-0.2, 0) is 0 Å². The average molecular weight is 756 g/mol. The van der Waals surface area contributed by atoms with Crippen LogP contribution in [0.25, 0.3) is 49.1 Å². The SMILES string of the molecule is C#C.C/C=C\C(C)=C/C.C=N/C(=C\C(=N)C(/C=C\C)=C/CC)c1ccccc1-n1c(C2=C(C)C=CCC=C2)c(-c2ccccc2)c2c3sccc3ccc21.CC. The van der Waals surface area contributed by atoms with Gasteiger partial charge in [-0.05, 0) is 106 Å². The summed E-state index contributed by atoms with van der Waals surface area (Å²) in [5.74, 6) is 0. The highest BCUT2D eigenvalue weighted by Gasteiger charge is 2.26. The number of aliphatic imine (C=N–C) groups is 1. The topological polar surface area (TPSA) is 41.1 Å². The van der Waals surface area contributed by atoms with Crippen LogP contribution < -0.4 is 0 Å². The molecule has 0 saturated carbocycles. The van der Waals surface area contributed by atoms with Gasteiger partial charge in [0.05, 0.1) is 28.3 Å². The zero-order chi connectivity index (χ0) is 41.0. The first kappa shape index (κ1) is 44.4. The molecule has 2 heterocycles. The number of benzene rings is 3. The van der Waals surface area contributed by atoms with Crippen LogP contribution in [0.15, 0.2) is 167 Å². The molecule has 5 aromatic rings. The Bertz CT molecular complexity index is 2370. The molecule has 0 fully saturated rings. The molecule has 0 bridgehead atoms. The van der Waals surface area contributed by atoms with Gasteiger partial charge in [0, 0.05) is 26.8 Å². The fourth-order valence-corrected chi connectivity index (χ4v) is 7.48. The molecule has 3 aromatic carbocycles. The van der Waals surface area contributed by atoms with Crippen molar-refractivity contribution in [3.05, 3.63) is 173 Å². The van der Waals surface area contributed by atoms with E-state index < -0.39 is 0 Å². The maximum atomic E-state index is 8.97. The molecular formula is C52H57N3S. The zero-order valence-corrected chi connectivity index (χ0v) is 35.3. The maximum absolute atomic E-state index is 8.97. The standard InChI is InChI=1S/C41H37N3S.C7H12.C2H6.C2H2/c1-5-15-29(16-6-2)34(42)27-35(43-4)33-21-13-14-22-36(33)44-37-24-23-31-25-26-45-41(31)39(37)38(30-18-10-8-11-19-30)40(44)32-20-12-7-9-17-28(32)3;1-4-6-7(3)5-2;2*1-2/h5,8-27,42H,4,6-7H2,1-3H3;4-6H,1-3H3;1-2H3;1-2H/b15-5-,29-16+,35-27-,42-34?;6-4-,7-5-;;. The molecule has 2 aromatic heterocycles. The predicted molar refractivity (Wildman–Crippen MR) is 254 cm³/mol. The van der Waals surface area contributed by atoms with Gasteiger partial charge in [-0.3, -0.25) is 4.99 Å². The first-order valence-electron chi connectivity index (χ1n) is 19.3. The fourth-order valence-electron chi connectivity index (χ4n) is 6.53. The molecule has 0 atom stereocenters. The Morgan fingerprint density at radius 3 is 2.23 bits per heavy atom. The molecular weight excluding hydrogens is 699 g/mol. The number of allylic oxidation sites excluding steroid dienone is 15. The van der Waals surface area contributed by atoms with Crippen LogP contribution in [0.3, 0.4) is 0 Å². The van der Waals surface area contributed by atoms with Crippen molar-refractivity contribution in [2.75, 3.05) is 0 Å². The van der Waals surface area contributed by atoms with Crippen molar-refractivity contribution < 1.29 is 0 Å². The number of hydrogen-bond acceptors (Lipinski definition) is 3. The summed E-state index contributed by atoms with van der Waals surface area (Å²) >= 11 is 1.79. The van der Waals surface area contributed by atoms with Crippen LogP contribution in [-0.4, -0.2) is 17.0 Å². The Morgan fingerprint density at radius 2 is 1.59 bits per heavy atom. The molecule has 0 unspecified atom stereocenters. The van der Waals surface area contributed by atoms with E-state index >= 15 is 0 Å². The molecule has 0 saturated heterocycles. The number of para-hydroxylation sites is 1. The van der Waals surface area contributed by atoms with E-state index in [1.165, 1.54) is 43.3 Å². The first-order chi connectivity index (χ1) is 27.4. The second-order valence-corrected chi connectivity index (χ2v) is 13.5. The van der Waals surface area contributed by atoms with Gasteiger partial charge in [0.2, 0.25) is 0 Å². The Morgan fingerprint density at radius 1 is 0.911 bits per heavy atom. The Balaban J connectivity index is 0.000000682. The van der Waals surface area contributed by atoms with Crippen LogP contribution in [0.1, 0.15) is 79.5 Å². The van der Waals surface area contributed by atoms with Gasteiger partial charge in [-0.2, -0.15) is 0 Å². The summed E-state index contributed by atoms with van der Waals surface area (Å²) in [6, 6.07) is 25.8. The van der Waals surface area contributed by atoms with E-state index in [9.17, 15) is 0 Å². The maximum Gasteiger partial charge on any atom is 0.0737 e. The van der Waals surface area contributed by atoms with E-state index in [0.29, 0.717) is 11.4 Å². The van der Waals surface area contributed by atoms with E-state index in [1.54, 1.807) is 11.3 Å². The van der Waals surface area contributed by atoms with Gasteiger partial charge in [-0.15, -0.1) is 24.2 Å². The minimum Gasteiger partial charge on any atom is -0.308 e.